The van der Waals surface area contributed by atoms with Crippen LogP contribution in [0.4, 0.5) is 0 Å². The molecule has 2 atom stereocenters. The van der Waals surface area contributed by atoms with Crippen molar-refractivity contribution in [1.29, 1.82) is 0 Å². The second-order valence-corrected chi connectivity index (χ2v) is 14.5. The molecule has 0 N–H and O–H groups in total. The summed E-state index contributed by atoms with van der Waals surface area (Å²) in [6.45, 7) is 4.34. The van der Waals surface area contributed by atoms with Gasteiger partial charge >= 0.3 is 11.9 Å². The van der Waals surface area contributed by atoms with Crippen molar-refractivity contribution in [3.8, 4) is 0 Å². The molecule has 0 rings (SSSR count). The molecule has 0 heterocycles. The Morgan fingerprint density at radius 3 is 1.44 bits per heavy atom. The Hall–Kier alpha value is -3.49. The number of unbranched alkanes of at least 4 members (excludes halogenated alkanes) is 7. The number of hydrogen-bond acceptors (Lipinski definition) is 7. The third-order valence-electron chi connectivity index (χ3n) is 8.53. The van der Waals surface area contributed by atoms with Gasteiger partial charge in [-0.25, -0.2) is 0 Å². The zero-order valence-corrected chi connectivity index (χ0v) is 34.6. The highest BCUT2D eigenvalue weighted by molar-refractivity contribution is 5.70. The summed E-state index contributed by atoms with van der Waals surface area (Å²) in [6, 6.07) is -0.739. The van der Waals surface area contributed by atoms with Gasteiger partial charge in [0, 0.05) is 19.3 Å². The summed E-state index contributed by atoms with van der Waals surface area (Å²) in [7, 11) is 5.37. The van der Waals surface area contributed by atoms with E-state index in [4.69, 9.17) is 14.2 Å². The van der Waals surface area contributed by atoms with E-state index in [1.54, 1.807) is 21.1 Å². The van der Waals surface area contributed by atoms with Crippen LogP contribution in [0.5, 0.6) is 0 Å². The minimum Gasteiger partial charge on any atom is -0.544 e. The number of carboxylic acids is 1. The molecule has 8 nitrogen and oxygen atoms in total. The summed E-state index contributed by atoms with van der Waals surface area (Å²) >= 11 is 0. The van der Waals surface area contributed by atoms with Gasteiger partial charge in [-0.2, -0.15) is 0 Å². The first-order valence-electron chi connectivity index (χ1n) is 20.6. The highest BCUT2D eigenvalue weighted by Crippen LogP contribution is 2.11. The van der Waals surface area contributed by atoms with Gasteiger partial charge in [0.25, 0.3) is 0 Å². The van der Waals surface area contributed by atoms with E-state index in [0.717, 1.165) is 96.3 Å². The van der Waals surface area contributed by atoms with Crippen molar-refractivity contribution < 1.29 is 38.2 Å². The second kappa shape index (κ2) is 36.5. The van der Waals surface area contributed by atoms with Crippen molar-refractivity contribution >= 4 is 17.9 Å². The molecular formula is C46H75NO7. The Bertz CT molecular complexity index is 1160. The van der Waals surface area contributed by atoms with Gasteiger partial charge < -0.3 is 28.6 Å². The van der Waals surface area contributed by atoms with E-state index in [1.807, 2.05) is 0 Å². The highest BCUT2D eigenvalue weighted by Gasteiger charge is 2.25. The molecule has 0 aromatic heterocycles. The summed E-state index contributed by atoms with van der Waals surface area (Å²) in [5, 5.41) is 11.6. The average Bonchev–Trinajstić information content (AvgIpc) is 3.12. The first kappa shape index (κ1) is 50.5. The molecule has 0 saturated carbocycles. The molecule has 0 amide bonds. The Morgan fingerprint density at radius 2 is 0.981 bits per heavy atom. The van der Waals surface area contributed by atoms with Crippen LogP contribution >= 0.6 is 0 Å². The van der Waals surface area contributed by atoms with Gasteiger partial charge in [-0.3, -0.25) is 9.59 Å². The van der Waals surface area contributed by atoms with Gasteiger partial charge in [0.1, 0.15) is 12.6 Å². The first-order valence-corrected chi connectivity index (χ1v) is 20.6. The molecule has 0 aromatic carbocycles. The van der Waals surface area contributed by atoms with Crippen molar-refractivity contribution in [3.05, 3.63) is 85.1 Å². The predicted molar refractivity (Wildman–Crippen MR) is 222 cm³/mol. The first-order chi connectivity index (χ1) is 26.1. The smallest absolute Gasteiger partial charge is 0.306 e. The summed E-state index contributed by atoms with van der Waals surface area (Å²) in [4.78, 5) is 36.8. The molecule has 0 aliphatic carbocycles. The fourth-order valence-electron chi connectivity index (χ4n) is 5.37. The maximum Gasteiger partial charge on any atom is 0.306 e. The quantitative estimate of drug-likeness (QED) is 0.0275. The number of allylic oxidation sites excluding steroid dienone is 14. The molecule has 0 spiro atoms. The van der Waals surface area contributed by atoms with Crippen molar-refractivity contribution in [2.24, 2.45) is 0 Å². The molecule has 0 aromatic rings. The van der Waals surface area contributed by atoms with Gasteiger partial charge in [-0.1, -0.05) is 118 Å². The van der Waals surface area contributed by atoms with E-state index < -0.39 is 18.1 Å². The lowest BCUT2D eigenvalue weighted by Gasteiger charge is -2.34. The zero-order valence-electron chi connectivity index (χ0n) is 34.6. The zero-order chi connectivity index (χ0) is 40.0. The Kier molecular flexibility index (Phi) is 34.1. The summed E-state index contributed by atoms with van der Waals surface area (Å²) in [5.74, 6) is -1.82. The molecule has 0 saturated heterocycles. The summed E-state index contributed by atoms with van der Waals surface area (Å²) < 4.78 is 17.1. The van der Waals surface area contributed by atoms with Crippen molar-refractivity contribution in [3.63, 3.8) is 0 Å². The van der Waals surface area contributed by atoms with Crippen LogP contribution in [0.15, 0.2) is 85.1 Å². The number of nitrogens with zero attached hydrogens (tertiary/aromatic N) is 1. The topological polar surface area (TPSA) is 102 Å². The summed E-state index contributed by atoms with van der Waals surface area (Å²) in [6.07, 6.45) is 46.1. The van der Waals surface area contributed by atoms with Crippen LogP contribution in [0.25, 0.3) is 0 Å². The molecule has 0 radical (unpaired) electrons. The van der Waals surface area contributed by atoms with Crippen molar-refractivity contribution in [2.75, 3.05) is 41.0 Å². The van der Waals surface area contributed by atoms with Crippen molar-refractivity contribution in [1.82, 2.24) is 0 Å². The standard InChI is InChI=1S/C46H75NO7/c1-6-8-10-12-14-16-18-20-22-23-25-27-29-31-33-35-37-45(49)54-42(40-52-39-38-43(46(50)51)47(3,4)5)41-53-44(48)36-34-32-30-28-26-24-21-19-17-15-13-11-9-7-2/h8-11,14-17,20-22,24-25,27,42-43H,6-7,12-13,18-19,23,26,28-41H2,1-5H3/b10-8+,11-9+,16-14+,17-15+,22-20+,24-21+,27-25+. The molecule has 8 heteroatoms. The van der Waals surface area contributed by atoms with Crippen LogP contribution in [0, 0.1) is 0 Å². The summed E-state index contributed by atoms with van der Waals surface area (Å²) in [5.41, 5.74) is 0. The van der Waals surface area contributed by atoms with Crippen LogP contribution in [-0.2, 0) is 28.6 Å². The Morgan fingerprint density at radius 1 is 0.556 bits per heavy atom. The van der Waals surface area contributed by atoms with E-state index in [-0.39, 0.29) is 49.1 Å². The molecular weight excluding hydrogens is 679 g/mol. The minimum atomic E-state index is -1.14. The van der Waals surface area contributed by atoms with Gasteiger partial charge in [-0.15, -0.1) is 0 Å². The largest absolute Gasteiger partial charge is 0.544 e. The fourth-order valence-corrected chi connectivity index (χ4v) is 5.37. The molecule has 0 bridgehead atoms. The van der Waals surface area contributed by atoms with Gasteiger partial charge in [0.2, 0.25) is 0 Å². The molecule has 0 aliphatic rings. The van der Waals surface area contributed by atoms with E-state index >= 15 is 0 Å². The third-order valence-corrected chi connectivity index (χ3v) is 8.53. The monoisotopic (exact) mass is 754 g/mol. The predicted octanol–water partition coefficient (Wildman–Crippen LogP) is 9.63. The third kappa shape index (κ3) is 34.3. The maximum atomic E-state index is 12.7. The average molecular weight is 754 g/mol. The van der Waals surface area contributed by atoms with Gasteiger partial charge in [0.15, 0.2) is 6.10 Å². The Labute approximate surface area is 329 Å². The van der Waals surface area contributed by atoms with E-state index in [2.05, 4.69) is 98.9 Å². The van der Waals surface area contributed by atoms with E-state index in [0.29, 0.717) is 12.8 Å². The lowest BCUT2D eigenvalue weighted by atomic mass is 10.1. The molecule has 306 valence electrons. The SMILES string of the molecule is CC/C=C/C/C=C/C/C=C/C/C=C/CCCCCC(=O)OC(COCCC(C(=O)[O-])[N+](C)(C)C)COC(=O)CCCCCC/C=C/C/C=C/C/C=C/CC. The van der Waals surface area contributed by atoms with Crippen LogP contribution in [0.2, 0.25) is 0 Å². The molecule has 54 heavy (non-hydrogen) atoms. The maximum absolute atomic E-state index is 12.7. The molecule has 2 unspecified atom stereocenters. The number of carbonyl (C=O) groups is 3. The number of carboxylic acid groups (broad SMARTS) is 1. The van der Waals surface area contributed by atoms with Crippen molar-refractivity contribution in [2.45, 2.75) is 148 Å². The highest BCUT2D eigenvalue weighted by atomic mass is 16.6. The van der Waals surface area contributed by atoms with Crippen LogP contribution in [-0.4, -0.2) is 75.5 Å². The number of carbonyl (C=O) groups excluding carboxylic acids is 3. The number of hydrogen-bond donors (Lipinski definition) is 0. The van der Waals surface area contributed by atoms with E-state index in [9.17, 15) is 19.5 Å². The van der Waals surface area contributed by atoms with Crippen LogP contribution in [0.1, 0.15) is 136 Å². The normalized spacial score (nSPS) is 13.9. The number of quaternary nitrogens is 1. The van der Waals surface area contributed by atoms with Gasteiger partial charge in [0.05, 0.1) is 40.3 Å². The fraction of sp³-hybridized carbons (Fsp3) is 0.630. The number of likely N-dealkylation sites (N-methyl/N-ethyl adjacent to an activating group) is 1. The van der Waals surface area contributed by atoms with Crippen LogP contribution < -0.4 is 5.11 Å². The van der Waals surface area contributed by atoms with Crippen LogP contribution in [0.3, 0.4) is 0 Å². The minimum absolute atomic E-state index is 0.0149. The molecule has 0 fully saturated rings. The number of rotatable bonds is 35. The van der Waals surface area contributed by atoms with E-state index in [1.165, 1.54) is 0 Å². The number of aliphatic carboxylic acids is 1. The lowest BCUT2D eigenvalue weighted by Crippen LogP contribution is -2.55. The number of ether oxygens (including phenoxy) is 3. The van der Waals surface area contributed by atoms with Gasteiger partial charge in [-0.05, 0) is 83.5 Å². The second-order valence-electron chi connectivity index (χ2n) is 14.5. The lowest BCUT2D eigenvalue weighted by molar-refractivity contribution is -0.889. The Balaban J connectivity index is 4.50. The number of esters is 2. The molecule has 0 aliphatic heterocycles.